The number of carbonyl (C=O) groups is 1. The van der Waals surface area contributed by atoms with Crippen LogP contribution in [0.3, 0.4) is 0 Å². The number of nitrogens with zero attached hydrogens (tertiary/aromatic N) is 1. The maximum atomic E-state index is 12.8. The molecule has 0 aromatic heterocycles. The van der Waals surface area contributed by atoms with Gasteiger partial charge in [-0.15, -0.1) is 12.4 Å². The second kappa shape index (κ2) is 6.98. The van der Waals surface area contributed by atoms with Gasteiger partial charge in [0.25, 0.3) is 5.91 Å². The third-order valence-corrected chi connectivity index (χ3v) is 3.59. The van der Waals surface area contributed by atoms with Crippen molar-refractivity contribution >= 4 is 34.2 Å². The minimum absolute atomic E-state index is 0. The van der Waals surface area contributed by atoms with Crippen molar-refractivity contribution in [1.29, 1.82) is 0 Å². The van der Waals surface area contributed by atoms with Crippen molar-refractivity contribution in [2.75, 3.05) is 19.6 Å². The molecule has 1 amide bonds. The lowest BCUT2D eigenvalue weighted by Gasteiger charge is -2.32. The zero-order valence-corrected chi connectivity index (χ0v) is 13.6. The molecule has 1 saturated heterocycles. The summed E-state index contributed by atoms with van der Waals surface area (Å²) < 4.78 is 38.5. The van der Waals surface area contributed by atoms with Crippen molar-refractivity contribution in [3.8, 4) is 0 Å². The quantitative estimate of drug-likeness (QED) is 0.802. The van der Waals surface area contributed by atoms with Crippen molar-refractivity contribution < 1.29 is 18.0 Å². The van der Waals surface area contributed by atoms with Crippen LogP contribution in [0.5, 0.6) is 0 Å². The lowest BCUT2D eigenvalue weighted by molar-refractivity contribution is -0.137. The number of halogens is 5. The van der Waals surface area contributed by atoms with Crippen molar-refractivity contribution in [2.24, 2.45) is 0 Å². The Labute approximate surface area is 135 Å². The van der Waals surface area contributed by atoms with Crippen molar-refractivity contribution in [3.63, 3.8) is 0 Å². The summed E-state index contributed by atoms with van der Waals surface area (Å²) in [6, 6.07) is 3.43. The third kappa shape index (κ3) is 4.59. The molecule has 0 saturated carbocycles. The van der Waals surface area contributed by atoms with E-state index < -0.39 is 11.7 Å². The van der Waals surface area contributed by atoms with E-state index in [0.717, 1.165) is 12.1 Å². The highest BCUT2D eigenvalue weighted by atomic mass is 79.9. The van der Waals surface area contributed by atoms with Crippen LogP contribution in [0.2, 0.25) is 0 Å². The fourth-order valence-electron chi connectivity index (χ4n) is 2.18. The molecule has 0 radical (unpaired) electrons. The van der Waals surface area contributed by atoms with E-state index in [1.807, 2.05) is 6.92 Å². The minimum Gasteiger partial charge on any atom is -0.336 e. The Bertz CT molecular complexity index is 525. The number of rotatable bonds is 1. The van der Waals surface area contributed by atoms with Gasteiger partial charge in [0.2, 0.25) is 0 Å². The van der Waals surface area contributed by atoms with Crippen LogP contribution in [-0.4, -0.2) is 36.5 Å². The topological polar surface area (TPSA) is 32.3 Å². The molecule has 1 aliphatic heterocycles. The maximum absolute atomic E-state index is 12.8. The summed E-state index contributed by atoms with van der Waals surface area (Å²) >= 11 is 3.03. The molecule has 1 N–H and O–H groups in total. The Morgan fingerprint density at radius 1 is 1.38 bits per heavy atom. The van der Waals surface area contributed by atoms with Gasteiger partial charge in [0, 0.05) is 35.7 Å². The number of hydrogen-bond acceptors (Lipinski definition) is 2. The SMILES string of the molecule is C[C@@H]1CN(C(=O)c2cc(Br)cc(C(F)(F)F)c2)CCN1.Cl. The average Bonchev–Trinajstić information content (AvgIpc) is 2.36. The summed E-state index contributed by atoms with van der Waals surface area (Å²) in [4.78, 5) is 13.9. The zero-order chi connectivity index (χ0) is 14.9. The molecule has 2 rings (SSSR count). The van der Waals surface area contributed by atoms with E-state index in [9.17, 15) is 18.0 Å². The minimum atomic E-state index is -4.46. The predicted molar refractivity (Wildman–Crippen MR) is 79.8 cm³/mol. The molecule has 118 valence electrons. The van der Waals surface area contributed by atoms with Crippen LogP contribution in [0.15, 0.2) is 22.7 Å². The van der Waals surface area contributed by atoms with E-state index in [2.05, 4.69) is 21.2 Å². The highest BCUT2D eigenvalue weighted by molar-refractivity contribution is 9.10. The van der Waals surface area contributed by atoms with Crippen molar-refractivity contribution in [2.45, 2.75) is 19.1 Å². The average molecular weight is 388 g/mol. The first kappa shape index (κ1) is 18.3. The molecular formula is C13H15BrClF3N2O. The van der Waals surface area contributed by atoms with Gasteiger partial charge in [-0.25, -0.2) is 0 Å². The van der Waals surface area contributed by atoms with Crippen LogP contribution in [0.25, 0.3) is 0 Å². The van der Waals surface area contributed by atoms with E-state index >= 15 is 0 Å². The van der Waals surface area contributed by atoms with Crippen LogP contribution < -0.4 is 5.32 Å². The third-order valence-electron chi connectivity index (χ3n) is 3.13. The zero-order valence-electron chi connectivity index (χ0n) is 11.2. The number of benzene rings is 1. The summed E-state index contributed by atoms with van der Waals surface area (Å²) in [5, 5.41) is 3.18. The Balaban J connectivity index is 0.00000220. The van der Waals surface area contributed by atoms with E-state index in [1.54, 1.807) is 4.90 Å². The van der Waals surface area contributed by atoms with Gasteiger partial charge in [0.15, 0.2) is 0 Å². The largest absolute Gasteiger partial charge is 0.416 e. The molecule has 8 heteroatoms. The first-order valence-electron chi connectivity index (χ1n) is 6.18. The summed E-state index contributed by atoms with van der Waals surface area (Å²) in [5.74, 6) is -0.370. The number of nitrogens with one attached hydrogen (secondary N) is 1. The smallest absolute Gasteiger partial charge is 0.336 e. The molecule has 0 spiro atoms. The Kier molecular flexibility index (Phi) is 6.07. The summed E-state index contributed by atoms with van der Waals surface area (Å²) in [6.07, 6.45) is -4.46. The van der Waals surface area contributed by atoms with Crippen LogP contribution in [-0.2, 0) is 6.18 Å². The van der Waals surface area contributed by atoms with Crippen LogP contribution in [0.4, 0.5) is 13.2 Å². The number of carbonyl (C=O) groups excluding carboxylic acids is 1. The molecule has 21 heavy (non-hydrogen) atoms. The van der Waals surface area contributed by atoms with Gasteiger partial charge >= 0.3 is 6.18 Å². The monoisotopic (exact) mass is 386 g/mol. The van der Waals surface area contributed by atoms with Gasteiger partial charge in [-0.05, 0) is 25.1 Å². The molecular weight excluding hydrogens is 373 g/mol. The normalized spacial score (nSPS) is 19.1. The van der Waals surface area contributed by atoms with Gasteiger partial charge in [-0.1, -0.05) is 15.9 Å². The molecule has 1 aromatic rings. The molecule has 1 heterocycles. The summed E-state index contributed by atoms with van der Waals surface area (Å²) in [5.41, 5.74) is -0.765. The summed E-state index contributed by atoms with van der Waals surface area (Å²) in [6.45, 7) is 3.57. The highest BCUT2D eigenvalue weighted by Gasteiger charge is 2.32. The molecule has 1 aliphatic rings. The van der Waals surface area contributed by atoms with E-state index in [4.69, 9.17) is 0 Å². The predicted octanol–water partition coefficient (Wildman–Crippen LogP) is 3.32. The highest BCUT2D eigenvalue weighted by Crippen LogP contribution is 2.32. The molecule has 1 fully saturated rings. The molecule has 1 aromatic carbocycles. The van der Waals surface area contributed by atoms with E-state index in [1.165, 1.54) is 6.07 Å². The van der Waals surface area contributed by atoms with Crippen LogP contribution in [0.1, 0.15) is 22.8 Å². The van der Waals surface area contributed by atoms with Gasteiger partial charge in [-0.2, -0.15) is 13.2 Å². The van der Waals surface area contributed by atoms with E-state index in [0.29, 0.717) is 19.6 Å². The number of alkyl halides is 3. The lowest BCUT2D eigenvalue weighted by Crippen LogP contribution is -2.51. The first-order valence-corrected chi connectivity index (χ1v) is 6.97. The van der Waals surface area contributed by atoms with Crippen LogP contribution in [0, 0.1) is 0 Å². The number of piperazine rings is 1. The molecule has 1 atom stereocenters. The molecule has 3 nitrogen and oxygen atoms in total. The van der Waals surface area contributed by atoms with Gasteiger partial charge in [0.1, 0.15) is 0 Å². The second-order valence-corrected chi connectivity index (χ2v) is 5.75. The van der Waals surface area contributed by atoms with E-state index in [-0.39, 0.29) is 34.4 Å². The van der Waals surface area contributed by atoms with Crippen molar-refractivity contribution in [3.05, 3.63) is 33.8 Å². The molecule has 0 unspecified atom stereocenters. The fourth-order valence-corrected chi connectivity index (χ4v) is 2.67. The number of hydrogen-bond donors (Lipinski definition) is 1. The van der Waals surface area contributed by atoms with Gasteiger partial charge in [0.05, 0.1) is 5.56 Å². The molecule has 0 bridgehead atoms. The second-order valence-electron chi connectivity index (χ2n) is 4.83. The maximum Gasteiger partial charge on any atom is 0.416 e. The summed E-state index contributed by atoms with van der Waals surface area (Å²) in [7, 11) is 0. The standard InChI is InChI=1S/C13H14BrF3N2O.ClH/c1-8-7-19(3-2-18-8)12(20)9-4-10(13(15,16)17)6-11(14)5-9;/h4-6,8,18H,2-3,7H2,1H3;1H/t8-;/m1./s1. The van der Waals surface area contributed by atoms with Crippen molar-refractivity contribution in [1.82, 2.24) is 10.2 Å². The number of amides is 1. The molecule has 0 aliphatic carbocycles. The van der Waals surface area contributed by atoms with Crippen LogP contribution >= 0.6 is 28.3 Å². The first-order chi connectivity index (χ1) is 9.27. The Morgan fingerprint density at radius 3 is 2.62 bits per heavy atom. The Morgan fingerprint density at radius 2 is 2.05 bits per heavy atom. The fraction of sp³-hybridized carbons (Fsp3) is 0.462. The Hall–Kier alpha value is -0.790. The van der Waals surface area contributed by atoms with Gasteiger partial charge < -0.3 is 10.2 Å². The van der Waals surface area contributed by atoms with Gasteiger partial charge in [-0.3, -0.25) is 4.79 Å². The lowest BCUT2D eigenvalue weighted by atomic mass is 10.1.